The Balaban J connectivity index is 1.76. The van der Waals surface area contributed by atoms with Crippen LogP contribution in [0.15, 0.2) is 48.7 Å². The highest BCUT2D eigenvalue weighted by molar-refractivity contribution is 6.39. The number of rotatable bonds is 3. The van der Waals surface area contributed by atoms with E-state index >= 15 is 0 Å². The van der Waals surface area contributed by atoms with Crippen molar-refractivity contribution >= 4 is 34.4 Å². The van der Waals surface area contributed by atoms with E-state index in [1.165, 1.54) is 6.20 Å². The molecule has 0 aliphatic heterocycles. The van der Waals surface area contributed by atoms with E-state index in [1.54, 1.807) is 10.7 Å². The lowest BCUT2D eigenvalue weighted by Gasteiger charge is -2.08. The molecule has 0 fully saturated rings. The average molecular weight is 392 g/mol. The van der Waals surface area contributed by atoms with Crippen LogP contribution in [0.5, 0.6) is 0 Å². The number of carbonyl (C=O) groups is 1. The Hall–Kier alpha value is -3.25. The van der Waals surface area contributed by atoms with Crippen LogP contribution in [-0.2, 0) is 0 Å². The number of carbonyl (C=O) groups excluding carboxylic acids is 1. The number of pyridine rings is 2. The Labute approximate surface area is 167 Å². The Kier molecular flexibility index (Phi) is 4.57. The fraction of sp³-hybridized carbons (Fsp3) is 0.143. The fourth-order valence-electron chi connectivity index (χ4n) is 3.03. The SMILES string of the molecule is Cc1ccc(-n2nc(C)c3c(Cl)c(C(=O)Nc4cccc(C)n4)cnc32)cc1. The van der Waals surface area contributed by atoms with E-state index in [1.807, 2.05) is 57.2 Å². The molecule has 0 aliphatic rings. The minimum absolute atomic E-state index is 0.282. The Morgan fingerprint density at radius 2 is 1.82 bits per heavy atom. The molecule has 28 heavy (non-hydrogen) atoms. The fourth-order valence-corrected chi connectivity index (χ4v) is 3.38. The third-order valence-corrected chi connectivity index (χ3v) is 4.85. The van der Waals surface area contributed by atoms with Gasteiger partial charge in [-0.2, -0.15) is 5.10 Å². The van der Waals surface area contributed by atoms with Crippen molar-refractivity contribution in [2.75, 3.05) is 5.32 Å². The zero-order chi connectivity index (χ0) is 19.8. The van der Waals surface area contributed by atoms with Crippen molar-refractivity contribution in [3.63, 3.8) is 0 Å². The van der Waals surface area contributed by atoms with Crippen LogP contribution in [0.25, 0.3) is 16.7 Å². The van der Waals surface area contributed by atoms with Gasteiger partial charge in [-0.3, -0.25) is 4.79 Å². The quantitative estimate of drug-likeness (QED) is 0.551. The zero-order valence-corrected chi connectivity index (χ0v) is 16.4. The largest absolute Gasteiger partial charge is 0.306 e. The summed E-state index contributed by atoms with van der Waals surface area (Å²) in [5, 5.41) is 8.32. The molecular formula is C21H18ClN5O. The number of hydrogen-bond donors (Lipinski definition) is 1. The molecule has 0 aliphatic carbocycles. The van der Waals surface area contributed by atoms with E-state index in [4.69, 9.17) is 11.6 Å². The molecular weight excluding hydrogens is 374 g/mol. The van der Waals surface area contributed by atoms with Gasteiger partial charge in [-0.25, -0.2) is 14.6 Å². The number of amides is 1. The minimum atomic E-state index is -0.361. The number of aromatic nitrogens is 4. The topological polar surface area (TPSA) is 72.7 Å². The summed E-state index contributed by atoms with van der Waals surface area (Å²) in [7, 11) is 0. The van der Waals surface area contributed by atoms with E-state index < -0.39 is 0 Å². The molecule has 0 atom stereocenters. The Morgan fingerprint density at radius 1 is 1.07 bits per heavy atom. The summed E-state index contributed by atoms with van der Waals surface area (Å²) in [4.78, 5) is 21.5. The number of nitrogens with zero attached hydrogens (tertiary/aromatic N) is 4. The maximum absolute atomic E-state index is 12.7. The van der Waals surface area contributed by atoms with Crippen molar-refractivity contribution in [1.29, 1.82) is 0 Å². The van der Waals surface area contributed by atoms with Crippen molar-refractivity contribution in [3.8, 4) is 5.69 Å². The average Bonchev–Trinajstić information content (AvgIpc) is 3.00. The van der Waals surface area contributed by atoms with Crippen molar-refractivity contribution in [2.24, 2.45) is 0 Å². The van der Waals surface area contributed by atoms with Gasteiger partial charge in [-0.1, -0.05) is 35.4 Å². The number of hydrogen-bond acceptors (Lipinski definition) is 4. The number of fused-ring (bicyclic) bond motifs is 1. The molecule has 1 amide bonds. The summed E-state index contributed by atoms with van der Waals surface area (Å²) >= 11 is 6.59. The molecule has 1 N–H and O–H groups in total. The highest BCUT2D eigenvalue weighted by Gasteiger charge is 2.20. The molecule has 0 unspecified atom stereocenters. The smallest absolute Gasteiger partial charge is 0.259 e. The van der Waals surface area contributed by atoms with Gasteiger partial charge in [0.15, 0.2) is 5.65 Å². The monoisotopic (exact) mass is 391 g/mol. The maximum atomic E-state index is 12.7. The summed E-state index contributed by atoms with van der Waals surface area (Å²) < 4.78 is 1.74. The Bertz CT molecular complexity index is 1200. The van der Waals surface area contributed by atoms with Crippen LogP contribution in [0.1, 0.15) is 27.3 Å². The van der Waals surface area contributed by atoms with E-state index in [-0.39, 0.29) is 11.5 Å². The minimum Gasteiger partial charge on any atom is -0.306 e. The first-order valence-corrected chi connectivity index (χ1v) is 9.17. The van der Waals surface area contributed by atoms with Crippen LogP contribution in [0, 0.1) is 20.8 Å². The van der Waals surface area contributed by atoms with Crippen LogP contribution in [0.2, 0.25) is 5.02 Å². The van der Waals surface area contributed by atoms with Crippen molar-refractivity contribution in [2.45, 2.75) is 20.8 Å². The van der Waals surface area contributed by atoms with Gasteiger partial charge in [0.05, 0.1) is 27.4 Å². The van der Waals surface area contributed by atoms with Gasteiger partial charge in [0, 0.05) is 11.9 Å². The van der Waals surface area contributed by atoms with Crippen LogP contribution in [0.3, 0.4) is 0 Å². The van der Waals surface area contributed by atoms with Crippen LogP contribution < -0.4 is 5.32 Å². The predicted octanol–water partition coefficient (Wildman–Crippen LogP) is 4.65. The van der Waals surface area contributed by atoms with Gasteiger partial charge in [0.1, 0.15) is 5.82 Å². The van der Waals surface area contributed by atoms with E-state index in [9.17, 15) is 4.79 Å². The van der Waals surface area contributed by atoms with Crippen molar-refractivity contribution in [1.82, 2.24) is 19.7 Å². The summed E-state index contributed by atoms with van der Waals surface area (Å²) in [5.41, 5.74) is 4.45. The molecule has 4 aromatic rings. The normalized spacial score (nSPS) is 11.0. The molecule has 6 nitrogen and oxygen atoms in total. The summed E-state index contributed by atoms with van der Waals surface area (Å²) in [6.45, 7) is 5.74. The van der Waals surface area contributed by atoms with Gasteiger partial charge in [0.25, 0.3) is 5.91 Å². The van der Waals surface area contributed by atoms with E-state index in [2.05, 4.69) is 20.4 Å². The second kappa shape index (κ2) is 7.05. The number of halogens is 1. The van der Waals surface area contributed by atoms with E-state index in [0.717, 1.165) is 16.9 Å². The lowest BCUT2D eigenvalue weighted by molar-refractivity contribution is 0.102. The molecule has 0 bridgehead atoms. The standard InChI is InChI=1S/C21H18ClN5O/c1-12-7-9-15(10-8-12)27-20-18(14(3)26-27)19(22)16(11-23-20)21(28)25-17-6-4-5-13(2)24-17/h4-11H,1-3H3,(H,24,25,28). The second-order valence-corrected chi connectivity index (χ2v) is 7.01. The maximum Gasteiger partial charge on any atom is 0.259 e. The number of aryl methyl sites for hydroxylation is 3. The van der Waals surface area contributed by atoms with Crippen molar-refractivity contribution in [3.05, 3.63) is 76.2 Å². The van der Waals surface area contributed by atoms with Crippen LogP contribution >= 0.6 is 11.6 Å². The first kappa shape index (κ1) is 18.1. The lowest BCUT2D eigenvalue weighted by Crippen LogP contribution is -2.14. The van der Waals surface area contributed by atoms with E-state index in [0.29, 0.717) is 27.6 Å². The summed E-state index contributed by atoms with van der Waals surface area (Å²) in [5.74, 6) is 0.105. The summed E-state index contributed by atoms with van der Waals surface area (Å²) in [6, 6.07) is 13.4. The highest BCUT2D eigenvalue weighted by atomic mass is 35.5. The number of nitrogens with one attached hydrogen (secondary N) is 1. The van der Waals surface area contributed by atoms with Gasteiger partial charge >= 0.3 is 0 Å². The lowest BCUT2D eigenvalue weighted by atomic mass is 10.2. The first-order chi connectivity index (χ1) is 13.4. The zero-order valence-electron chi connectivity index (χ0n) is 15.7. The Morgan fingerprint density at radius 3 is 2.54 bits per heavy atom. The molecule has 0 saturated heterocycles. The van der Waals surface area contributed by atoms with Gasteiger partial charge in [-0.05, 0) is 45.0 Å². The van der Waals surface area contributed by atoms with Gasteiger partial charge in [0.2, 0.25) is 0 Å². The van der Waals surface area contributed by atoms with Crippen LogP contribution in [-0.4, -0.2) is 25.7 Å². The molecule has 0 saturated carbocycles. The third kappa shape index (κ3) is 3.23. The van der Waals surface area contributed by atoms with Gasteiger partial charge in [-0.15, -0.1) is 0 Å². The van der Waals surface area contributed by atoms with Crippen molar-refractivity contribution < 1.29 is 4.79 Å². The molecule has 140 valence electrons. The second-order valence-electron chi connectivity index (χ2n) is 6.64. The molecule has 0 radical (unpaired) electrons. The highest BCUT2D eigenvalue weighted by Crippen LogP contribution is 2.30. The van der Waals surface area contributed by atoms with Crippen LogP contribution in [0.4, 0.5) is 5.82 Å². The molecule has 1 aromatic carbocycles. The third-order valence-electron chi connectivity index (χ3n) is 4.46. The predicted molar refractivity (Wildman–Crippen MR) is 110 cm³/mol. The molecule has 0 spiro atoms. The van der Waals surface area contributed by atoms with Gasteiger partial charge < -0.3 is 5.32 Å². The molecule has 7 heteroatoms. The molecule has 3 aromatic heterocycles. The first-order valence-electron chi connectivity index (χ1n) is 8.80. The number of benzene rings is 1. The molecule has 3 heterocycles. The number of anilines is 1. The molecule has 4 rings (SSSR count). The summed E-state index contributed by atoms with van der Waals surface area (Å²) in [6.07, 6.45) is 1.47.